The molecule has 0 bridgehead atoms. The van der Waals surface area contributed by atoms with E-state index < -0.39 is 0 Å². The summed E-state index contributed by atoms with van der Waals surface area (Å²) in [5, 5.41) is 4.16. The van der Waals surface area contributed by atoms with E-state index in [1.165, 1.54) is 16.3 Å². The number of imidazole rings is 1. The molecule has 0 saturated carbocycles. The molecule has 1 aliphatic heterocycles. The van der Waals surface area contributed by atoms with E-state index >= 15 is 0 Å². The summed E-state index contributed by atoms with van der Waals surface area (Å²) in [5.74, 6) is 1.17. The van der Waals surface area contributed by atoms with Crippen molar-refractivity contribution in [2.24, 2.45) is 0 Å². The van der Waals surface area contributed by atoms with Crippen LogP contribution >= 0.6 is 11.8 Å². The molecule has 0 fully saturated rings. The van der Waals surface area contributed by atoms with Gasteiger partial charge in [0.1, 0.15) is 5.82 Å². The first-order valence-electron chi connectivity index (χ1n) is 7.32. The Bertz CT molecular complexity index is 554. The van der Waals surface area contributed by atoms with Crippen LogP contribution in [0.3, 0.4) is 0 Å². The van der Waals surface area contributed by atoms with Crippen LogP contribution in [0.25, 0.3) is 0 Å². The van der Waals surface area contributed by atoms with E-state index in [-0.39, 0.29) is 0 Å². The largest absolute Gasteiger partial charge is 0.334 e. The zero-order valence-electron chi connectivity index (χ0n) is 12.0. The molecule has 0 aliphatic carbocycles. The van der Waals surface area contributed by atoms with Crippen molar-refractivity contribution in [3.8, 4) is 0 Å². The van der Waals surface area contributed by atoms with E-state index in [9.17, 15) is 0 Å². The SMILES string of the molecule is CCNC(c1nccn1CC)C1Cc2ccccc2S1. The number of aryl methyl sites for hydroxylation is 1. The average molecular weight is 287 g/mol. The van der Waals surface area contributed by atoms with Gasteiger partial charge in [-0.1, -0.05) is 25.1 Å². The van der Waals surface area contributed by atoms with Crippen molar-refractivity contribution in [2.75, 3.05) is 6.54 Å². The van der Waals surface area contributed by atoms with Gasteiger partial charge in [0.25, 0.3) is 0 Å². The van der Waals surface area contributed by atoms with Crippen LogP contribution in [-0.2, 0) is 13.0 Å². The van der Waals surface area contributed by atoms with Crippen LogP contribution in [-0.4, -0.2) is 21.3 Å². The number of nitrogens with one attached hydrogen (secondary N) is 1. The van der Waals surface area contributed by atoms with E-state index in [1.807, 2.05) is 18.0 Å². The van der Waals surface area contributed by atoms with Crippen molar-refractivity contribution in [2.45, 2.75) is 43.0 Å². The van der Waals surface area contributed by atoms with Gasteiger partial charge in [-0.2, -0.15) is 0 Å². The minimum atomic E-state index is 0.312. The first kappa shape index (κ1) is 13.7. The number of benzene rings is 1. The number of rotatable bonds is 5. The Hall–Kier alpha value is -1.26. The van der Waals surface area contributed by atoms with Gasteiger partial charge in [0, 0.05) is 29.1 Å². The summed E-state index contributed by atoms with van der Waals surface area (Å²) in [6, 6.07) is 9.06. The number of hydrogen-bond donors (Lipinski definition) is 1. The molecule has 1 N–H and O–H groups in total. The lowest BCUT2D eigenvalue weighted by Crippen LogP contribution is -2.32. The Balaban J connectivity index is 1.86. The number of fused-ring (bicyclic) bond motifs is 1. The van der Waals surface area contributed by atoms with Crippen LogP contribution in [0, 0.1) is 0 Å². The molecule has 0 spiro atoms. The van der Waals surface area contributed by atoms with E-state index in [2.05, 4.69) is 59.2 Å². The molecule has 1 aromatic carbocycles. The molecule has 3 rings (SSSR count). The van der Waals surface area contributed by atoms with Crippen LogP contribution in [0.4, 0.5) is 0 Å². The summed E-state index contributed by atoms with van der Waals surface area (Å²) < 4.78 is 2.25. The van der Waals surface area contributed by atoms with Crippen LogP contribution in [0.2, 0.25) is 0 Å². The zero-order valence-corrected chi connectivity index (χ0v) is 12.9. The van der Waals surface area contributed by atoms with Crippen molar-refractivity contribution in [3.05, 3.63) is 48.0 Å². The predicted molar refractivity (Wildman–Crippen MR) is 84.1 cm³/mol. The number of nitrogens with zero attached hydrogens (tertiary/aromatic N) is 2. The van der Waals surface area contributed by atoms with E-state index in [0.29, 0.717) is 11.3 Å². The maximum Gasteiger partial charge on any atom is 0.127 e. The smallest absolute Gasteiger partial charge is 0.127 e. The maximum absolute atomic E-state index is 4.60. The summed E-state index contributed by atoms with van der Waals surface area (Å²) in [6.45, 7) is 6.28. The highest BCUT2D eigenvalue weighted by Crippen LogP contribution is 2.42. The lowest BCUT2D eigenvalue weighted by Gasteiger charge is -2.24. The molecule has 0 saturated heterocycles. The van der Waals surface area contributed by atoms with Crippen LogP contribution < -0.4 is 5.32 Å². The lowest BCUT2D eigenvalue weighted by atomic mass is 10.0. The van der Waals surface area contributed by atoms with Crippen LogP contribution in [0.15, 0.2) is 41.6 Å². The van der Waals surface area contributed by atoms with Gasteiger partial charge < -0.3 is 9.88 Å². The van der Waals surface area contributed by atoms with Gasteiger partial charge in [-0.15, -0.1) is 11.8 Å². The van der Waals surface area contributed by atoms with Crippen molar-refractivity contribution in [3.63, 3.8) is 0 Å². The highest BCUT2D eigenvalue weighted by molar-refractivity contribution is 8.00. The van der Waals surface area contributed by atoms with E-state index in [4.69, 9.17) is 0 Å². The number of thioether (sulfide) groups is 1. The Morgan fingerprint density at radius 1 is 1.40 bits per heavy atom. The highest BCUT2D eigenvalue weighted by Gasteiger charge is 2.32. The molecule has 2 atom stereocenters. The molecule has 20 heavy (non-hydrogen) atoms. The molecule has 3 nitrogen and oxygen atoms in total. The fraction of sp³-hybridized carbons (Fsp3) is 0.438. The summed E-state index contributed by atoms with van der Waals surface area (Å²) in [5.41, 5.74) is 1.47. The maximum atomic E-state index is 4.60. The summed E-state index contributed by atoms with van der Waals surface area (Å²) >= 11 is 1.99. The molecule has 1 aromatic heterocycles. The normalized spacial score (nSPS) is 19.0. The second-order valence-corrected chi connectivity index (χ2v) is 6.36. The second kappa shape index (κ2) is 6.02. The highest BCUT2D eigenvalue weighted by atomic mass is 32.2. The minimum Gasteiger partial charge on any atom is -0.334 e. The third-order valence-corrected chi connectivity index (χ3v) is 5.23. The molecule has 106 valence electrons. The van der Waals surface area contributed by atoms with Gasteiger partial charge in [-0.25, -0.2) is 4.98 Å². The van der Waals surface area contributed by atoms with Gasteiger partial charge in [-0.05, 0) is 31.5 Å². The van der Waals surface area contributed by atoms with Crippen LogP contribution in [0.1, 0.15) is 31.3 Å². The monoisotopic (exact) mass is 287 g/mol. The summed E-state index contributed by atoms with van der Waals surface area (Å²) in [7, 11) is 0. The Morgan fingerprint density at radius 2 is 2.25 bits per heavy atom. The van der Waals surface area contributed by atoms with Crippen molar-refractivity contribution >= 4 is 11.8 Å². The standard InChI is InChI=1S/C16H21N3S/c1-3-17-15(16-18-9-10-19(16)4-2)14-11-12-7-5-6-8-13(12)20-14/h5-10,14-15,17H,3-4,11H2,1-2H3. The summed E-state index contributed by atoms with van der Waals surface area (Å²) in [6.07, 6.45) is 5.11. The molecule has 4 heteroatoms. The topological polar surface area (TPSA) is 29.9 Å². The molecular formula is C16H21N3S. The molecule has 0 amide bonds. The molecule has 1 aliphatic rings. The Kier molecular flexibility index (Phi) is 4.13. The zero-order chi connectivity index (χ0) is 13.9. The third kappa shape index (κ3) is 2.50. The second-order valence-electron chi connectivity index (χ2n) is 5.07. The van der Waals surface area contributed by atoms with Crippen LogP contribution in [0.5, 0.6) is 0 Å². The van der Waals surface area contributed by atoms with Crippen molar-refractivity contribution < 1.29 is 0 Å². The average Bonchev–Trinajstić information content (AvgIpc) is 3.10. The molecule has 2 unspecified atom stereocenters. The number of hydrogen-bond acceptors (Lipinski definition) is 3. The summed E-state index contributed by atoms with van der Waals surface area (Å²) in [4.78, 5) is 6.03. The number of aromatic nitrogens is 2. The molecule has 0 radical (unpaired) electrons. The van der Waals surface area contributed by atoms with Gasteiger partial charge in [0.15, 0.2) is 0 Å². The fourth-order valence-electron chi connectivity index (χ4n) is 2.87. The van der Waals surface area contributed by atoms with Gasteiger partial charge >= 0.3 is 0 Å². The van der Waals surface area contributed by atoms with Gasteiger partial charge in [0.05, 0.1) is 6.04 Å². The quantitative estimate of drug-likeness (QED) is 0.915. The van der Waals surface area contributed by atoms with E-state index in [0.717, 1.165) is 19.5 Å². The predicted octanol–water partition coefficient (Wildman–Crippen LogP) is 3.27. The Labute approximate surface area is 124 Å². The lowest BCUT2D eigenvalue weighted by molar-refractivity contribution is 0.482. The Morgan fingerprint density at radius 3 is 3.00 bits per heavy atom. The molecule has 2 heterocycles. The third-order valence-electron chi connectivity index (χ3n) is 3.83. The van der Waals surface area contributed by atoms with Crippen molar-refractivity contribution in [1.29, 1.82) is 0 Å². The van der Waals surface area contributed by atoms with Gasteiger partial charge in [0.2, 0.25) is 0 Å². The molecule has 2 aromatic rings. The van der Waals surface area contributed by atoms with E-state index in [1.54, 1.807) is 0 Å². The molecular weight excluding hydrogens is 266 g/mol. The first-order chi connectivity index (χ1) is 9.83. The van der Waals surface area contributed by atoms with Crippen molar-refractivity contribution in [1.82, 2.24) is 14.9 Å². The first-order valence-corrected chi connectivity index (χ1v) is 8.20. The minimum absolute atomic E-state index is 0.312. The fourth-order valence-corrected chi connectivity index (χ4v) is 4.27. The van der Waals surface area contributed by atoms with Gasteiger partial charge in [-0.3, -0.25) is 0 Å².